The van der Waals surface area contributed by atoms with Crippen LogP contribution in [0.1, 0.15) is 38.7 Å². The summed E-state index contributed by atoms with van der Waals surface area (Å²) < 4.78 is 5.77. The molecule has 2 heterocycles. The normalized spacial score (nSPS) is 34.2. The number of aliphatic hydroxyl groups is 4. The molecule has 35 heavy (non-hydrogen) atoms. The van der Waals surface area contributed by atoms with Gasteiger partial charge in [0.25, 0.3) is 0 Å². The quantitative estimate of drug-likeness (QED) is 0.198. The van der Waals surface area contributed by atoms with Crippen LogP contribution in [0.5, 0.6) is 0 Å². The molecule has 2 aliphatic rings. The molecule has 1 aliphatic carbocycles. The molecule has 0 radical (unpaired) electrons. The average molecular weight is 511 g/mol. The van der Waals surface area contributed by atoms with Crippen molar-refractivity contribution >= 4 is 22.7 Å². The predicted molar refractivity (Wildman–Crippen MR) is 134 cm³/mol. The van der Waals surface area contributed by atoms with E-state index in [2.05, 4.69) is 35.1 Å². The molecule has 4 rings (SSSR count). The molecular weight excluding hydrogens is 472 g/mol. The molecule has 8 atom stereocenters. The number of rotatable bonds is 9. The third kappa shape index (κ3) is 6.03. The summed E-state index contributed by atoms with van der Waals surface area (Å²) in [4.78, 5) is 7.84. The van der Waals surface area contributed by atoms with Crippen molar-refractivity contribution in [1.82, 2.24) is 10.3 Å². The zero-order valence-corrected chi connectivity index (χ0v) is 21.0. The molecule has 1 aliphatic heterocycles. The van der Waals surface area contributed by atoms with Gasteiger partial charge in [-0.2, -0.15) is 0 Å². The van der Waals surface area contributed by atoms with Gasteiger partial charge in [0.1, 0.15) is 29.9 Å². The van der Waals surface area contributed by atoms with Crippen molar-refractivity contribution < 1.29 is 35.3 Å². The first-order valence-corrected chi connectivity index (χ1v) is 13.2. The summed E-state index contributed by atoms with van der Waals surface area (Å²) in [5.41, 5.74) is 1.43. The molecule has 10 heteroatoms. The lowest BCUT2D eigenvalue weighted by Gasteiger charge is -2.46. The summed E-state index contributed by atoms with van der Waals surface area (Å²) in [6.45, 7) is 4.09. The van der Waals surface area contributed by atoms with Crippen LogP contribution in [0.3, 0.4) is 0 Å². The van der Waals surface area contributed by atoms with E-state index in [-0.39, 0.29) is 29.4 Å². The van der Waals surface area contributed by atoms with Crippen LogP contribution in [-0.4, -0.2) is 91.1 Å². The molecule has 2 fully saturated rings. The first-order chi connectivity index (χ1) is 16.7. The number of para-hydroxylation sites is 1. The zero-order valence-electron chi connectivity index (χ0n) is 20.2. The maximum atomic E-state index is 10.5. The number of aromatic nitrogens is 1. The van der Waals surface area contributed by atoms with E-state index in [0.29, 0.717) is 6.42 Å². The lowest BCUT2D eigenvalue weighted by atomic mass is 9.75. The lowest BCUT2D eigenvalue weighted by Crippen LogP contribution is -2.58. The molecule has 1 saturated heterocycles. The minimum atomic E-state index is -1.37. The Hall–Kier alpha value is -1.21. The van der Waals surface area contributed by atoms with Crippen LogP contribution < -0.4 is 5.32 Å². The fourth-order valence-electron chi connectivity index (χ4n) is 5.29. The Morgan fingerprint density at radius 2 is 1.97 bits per heavy atom. The maximum absolute atomic E-state index is 10.5. The van der Waals surface area contributed by atoms with E-state index >= 15 is 0 Å². The number of thioether (sulfide) groups is 1. The lowest BCUT2D eigenvalue weighted by molar-refractivity contribution is -0.247. The zero-order chi connectivity index (χ0) is 25.2. The Labute approximate surface area is 209 Å². The summed E-state index contributed by atoms with van der Waals surface area (Å²) in [6.07, 6.45) is 0.489. The van der Waals surface area contributed by atoms with Gasteiger partial charge in [0.05, 0.1) is 13.2 Å². The highest BCUT2D eigenvalue weighted by Gasteiger charge is 2.47. The Morgan fingerprint density at radius 1 is 1.20 bits per heavy atom. The number of aromatic amines is 1. The van der Waals surface area contributed by atoms with Crippen LogP contribution in [0.25, 0.3) is 10.9 Å². The van der Waals surface area contributed by atoms with Crippen molar-refractivity contribution in [2.75, 3.05) is 13.2 Å². The molecule has 1 aromatic carbocycles. The van der Waals surface area contributed by atoms with Crippen LogP contribution in [-0.2, 0) is 16.0 Å². The number of nitrogens with one attached hydrogen (secondary N) is 2. The van der Waals surface area contributed by atoms with Crippen LogP contribution in [0.15, 0.2) is 30.5 Å². The molecule has 0 amide bonds. The molecule has 0 spiro atoms. The van der Waals surface area contributed by atoms with Crippen LogP contribution >= 0.6 is 11.8 Å². The molecule has 0 bridgehead atoms. The molecule has 9 nitrogen and oxygen atoms in total. The van der Waals surface area contributed by atoms with Crippen molar-refractivity contribution in [3.8, 4) is 0 Å². The Morgan fingerprint density at radius 3 is 2.71 bits per heavy atom. The third-order valence-corrected chi connectivity index (χ3v) is 9.36. The van der Waals surface area contributed by atoms with E-state index in [1.807, 2.05) is 24.4 Å². The van der Waals surface area contributed by atoms with Gasteiger partial charge in [0.15, 0.2) is 0 Å². The number of hydrogen-bond acceptors (Lipinski definition) is 9. The topological polar surface area (TPSA) is 147 Å². The second-order valence-corrected chi connectivity index (χ2v) is 11.8. The Bertz CT molecular complexity index is 955. The van der Waals surface area contributed by atoms with Crippen LogP contribution in [0, 0.1) is 5.41 Å². The van der Waals surface area contributed by atoms with E-state index in [9.17, 15) is 25.7 Å². The van der Waals surface area contributed by atoms with Crippen molar-refractivity contribution in [3.63, 3.8) is 0 Å². The molecule has 5 unspecified atom stereocenters. The molecule has 196 valence electrons. The first-order valence-electron chi connectivity index (χ1n) is 12.3. The number of benzene rings is 1. The third-order valence-electron chi connectivity index (χ3n) is 7.54. The minimum absolute atomic E-state index is 0.0402. The monoisotopic (exact) mass is 510 g/mol. The minimum Gasteiger partial charge on any atom is -0.394 e. The van der Waals surface area contributed by atoms with E-state index in [0.717, 1.165) is 35.7 Å². The summed E-state index contributed by atoms with van der Waals surface area (Å²) in [5.74, 6) is 0. The van der Waals surface area contributed by atoms with Crippen molar-refractivity contribution in [3.05, 3.63) is 36.0 Å². The first kappa shape index (κ1) is 26.8. The van der Waals surface area contributed by atoms with Gasteiger partial charge in [-0.3, -0.25) is 5.26 Å². The molecular formula is C25H38N2O7S. The summed E-state index contributed by atoms with van der Waals surface area (Å²) >= 11 is 1.45. The summed E-state index contributed by atoms with van der Waals surface area (Å²) in [6, 6.07) is 8.18. The van der Waals surface area contributed by atoms with Crippen LogP contribution in [0.2, 0.25) is 0 Å². The van der Waals surface area contributed by atoms with E-state index < -0.39 is 36.5 Å². The highest BCUT2D eigenvalue weighted by Crippen LogP contribution is 2.46. The second-order valence-electron chi connectivity index (χ2n) is 10.5. The molecule has 2 aromatic rings. The summed E-state index contributed by atoms with van der Waals surface area (Å²) in [5, 5.41) is 54.5. The fourth-order valence-corrected chi connectivity index (χ4v) is 6.97. The van der Waals surface area contributed by atoms with E-state index in [4.69, 9.17) is 4.74 Å². The van der Waals surface area contributed by atoms with Gasteiger partial charge >= 0.3 is 0 Å². The van der Waals surface area contributed by atoms with Gasteiger partial charge in [-0.25, -0.2) is 4.89 Å². The average Bonchev–Trinajstić information content (AvgIpc) is 3.24. The van der Waals surface area contributed by atoms with E-state index in [1.165, 1.54) is 11.8 Å². The van der Waals surface area contributed by atoms with Crippen molar-refractivity contribution in [2.24, 2.45) is 5.41 Å². The van der Waals surface area contributed by atoms with Crippen molar-refractivity contribution in [1.29, 1.82) is 0 Å². The summed E-state index contributed by atoms with van der Waals surface area (Å²) in [7, 11) is 0. The fraction of sp³-hybridized carbons (Fsp3) is 0.680. The predicted octanol–water partition coefficient (Wildman–Crippen LogP) is 1.64. The van der Waals surface area contributed by atoms with E-state index in [1.54, 1.807) is 0 Å². The highest BCUT2D eigenvalue weighted by molar-refractivity contribution is 8.00. The maximum Gasteiger partial charge on any atom is 0.132 e. The molecule has 7 N–H and O–H groups in total. The van der Waals surface area contributed by atoms with Crippen molar-refractivity contribution in [2.45, 2.75) is 86.7 Å². The number of H-pyrrole nitrogens is 1. The standard InChI is InChI=1S/C25H38N2O7S/c1-25(2)8-7-15(10-20(25)35-24-23(31)22(30)21(29)19(12-28)34-24)27-16(13-33-32)9-14-11-26-18-6-4-3-5-17(14)18/h3-6,11,15-16,19-24,26-32H,7-10,12-13H2,1-2H3/t15?,16-,19?,20?,21-,22?,23?,24-/m0/s1. The van der Waals surface area contributed by atoms with Gasteiger partial charge < -0.3 is 35.5 Å². The van der Waals surface area contributed by atoms with Gasteiger partial charge in [-0.05, 0) is 42.7 Å². The molecule has 1 aromatic heterocycles. The number of aliphatic hydroxyl groups excluding tert-OH is 4. The number of hydrogen-bond donors (Lipinski definition) is 7. The second kappa shape index (κ2) is 11.5. The largest absolute Gasteiger partial charge is 0.394 e. The number of fused-ring (bicyclic) bond motifs is 1. The smallest absolute Gasteiger partial charge is 0.132 e. The van der Waals surface area contributed by atoms with Gasteiger partial charge in [-0.15, -0.1) is 11.8 Å². The van der Waals surface area contributed by atoms with Crippen LogP contribution in [0.4, 0.5) is 0 Å². The highest BCUT2D eigenvalue weighted by atomic mass is 32.2. The van der Waals surface area contributed by atoms with Gasteiger partial charge in [-0.1, -0.05) is 32.0 Å². The van der Waals surface area contributed by atoms with Gasteiger partial charge in [0.2, 0.25) is 0 Å². The van der Waals surface area contributed by atoms with Gasteiger partial charge in [0, 0.05) is 34.4 Å². The Balaban J connectivity index is 1.42. The SMILES string of the molecule is CC1(C)CCC(N[C@H](COO)Cc2c[nH]c3ccccc23)CC1S[C@@H]1OC(CO)[C@H](O)C(O)C1O. The Kier molecular flexibility index (Phi) is 8.78. The number of ether oxygens (including phenoxy) is 1. The molecule has 1 saturated carbocycles.